The maximum atomic E-state index is 12.1. The molecule has 6 nitrogen and oxygen atoms in total. The lowest BCUT2D eigenvalue weighted by Crippen LogP contribution is -2.47. The zero-order valence-corrected chi connectivity index (χ0v) is 10.1. The average Bonchev–Trinajstić information content (AvgIpc) is 2.60. The Balaban J connectivity index is 2.12. The minimum Gasteiger partial charge on any atom is -0.379 e. The lowest BCUT2D eigenvalue weighted by atomic mass is 9.85. The first kappa shape index (κ1) is 12.2. The van der Waals surface area contributed by atoms with E-state index in [1.165, 1.54) is 12.3 Å². The van der Waals surface area contributed by atoms with Gasteiger partial charge in [-0.1, -0.05) is 11.6 Å². The Morgan fingerprint density at radius 1 is 1.76 bits per heavy atom. The Morgan fingerprint density at radius 3 is 3.12 bits per heavy atom. The summed E-state index contributed by atoms with van der Waals surface area (Å²) in [6.45, 7) is 2.42. The van der Waals surface area contributed by atoms with Gasteiger partial charge in [0, 0.05) is 12.2 Å². The molecule has 3 N–H and O–H groups in total. The first-order valence-electron chi connectivity index (χ1n) is 5.16. The van der Waals surface area contributed by atoms with E-state index in [1.807, 2.05) is 0 Å². The van der Waals surface area contributed by atoms with Gasteiger partial charge in [0.25, 0.3) is 0 Å². The van der Waals surface area contributed by atoms with Crippen molar-refractivity contribution in [2.45, 2.75) is 13.0 Å². The maximum Gasteiger partial charge on any atom is 0.236 e. The van der Waals surface area contributed by atoms with Crippen LogP contribution in [0.1, 0.15) is 6.92 Å². The molecule has 2 atom stereocenters. The molecule has 0 aromatic carbocycles. The molecule has 92 valence electrons. The molecular formula is C10H13ClN4O2. The van der Waals surface area contributed by atoms with Gasteiger partial charge >= 0.3 is 0 Å². The molecule has 2 unspecified atom stereocenters. The van der Waals surface area contributed by atoms with Crippen molar-refractivity contribution in [3.8, 4) is 0 Å². The Bertz CT molecular complexity index is 442. The van der Waals surface area contributed by atoms with Crippen LogP contribution in [0.5, 0.6) is 0 Å². The minimum atomic E-state index is -0.758. The minimum absolute atomic E-state index is 0.169. The van der Waals surface area contributed by atoms with Crippen molar-refractivity contribution < 1.29 is 9.53 Å². The summed E-state index contributed by atoms with van der Waals surface area (Å²) in [7, 11) is 0. The number of nitrogens with two attached hydrogens (primary N) is 1. The van der Waals surface area contributed by atoms with Crippen LogP contribution < -0.4 is 11.1 Å². The maximum absolute atomic E-state index is 12.1. The number of ether oxygens (including phenoxy) is 1. The zero-order chi connectivity index (χ0) is 12.5. The van der Waals surface area contributed by atoms with Crippen LogP contribution in [-0.2, 0) is 9.53 Å². The highest BCUT2D eigenvalue weighted by atomic mass is 35.5. The first-order valence-corrected chi connectivity index (χ1v) is 5.53. The predicted octanol–water partition coefficient (Wildman–Crippen LogP) is 0.432. The molecule has 1 saturated heterocycles. The average molecular weight is 257 g/mol. The lowest BCUT2D eigenvalue weighted by molar-refractivity contribution is -0.125. The second-order valence-electron chi connectivity index (χ2n) is 4.20. The van der Waals surface area contributed by atoms with Crippen molar-refractivity contribution in [3.63, 3.8) is 0 Å². The van der Waals surface area contributed by atoms with E-state index in [9.17, 15) is 4.79 Å². The monoisotopic (exact) mass is 256 g/mol. The number of aromatic nitrogens is 2. The quantitative estimate of drug-likeness (QED) is 0.749. The fourth-order valence-corrected chi connectivity index (χ4v) is 1.70. The highest BCUT2D eigenvalue weighted by Gasteiger charge is 2.44. The van der Waals surface area contributed by atoms with Gasteiger partial charge in [-0.3, -0.25) is 10.1 Å². The second kappa shape index (κ2) is 4.56. The number of anilines is 1. The summed E-state index contributed by atoms with van der Waals surface area (Å²) in [5.74, 6) is -0.0902. The van der Waals surface area contributed by atoms with Crippen LogP contribution in [0.2, 0.25) is 5.15 Å². The largest absolute Gasteiger partial charge is 0.379 e. The molecule has 1 amide bonds. The van der Waals surface area contributed by atoms with Crippen molar-refractivity contribution >= 4 is 23.5 Å². The summed E-state index contributed by atoms with van der Waals surface area (Å²) in [5.41, 5.74) is 5.09. The summed E-state index contributed by atoms with van der Waals surface area (Å²) in [6, 6.07) is 1.20. The van der Waals surface area contributed by atoms with E-state index in [0.29, 0.717) is 13.2 Å². The Kier molecular flexibility index (Phi) is 3.28. The molecule has 2 heterocycles. The van der Waals surface area contributed by atoms with Crippen LogP contribution in [0.15, 0.2) is 12.3 Å². The van der Waals surface area contributed by atoms with E-state index < -0.39 is 5.41 Å². The molecule has 1 fully saturated rings. The van der Waals surface area contributed by atoms with E-state index in [0.717, 1.165) is 0 Å². The van der Waals surface area contributed by atoms with Crippen molar-refractivity contribution in [2.24, 2.45) is 11.1 Å². The van der Waals surface area contributed by atoms with E-state index in [4.69, 9.17) is 22.1 Å². The van der Waals surface area contributed by atoms with Gasteiger partial charge in [0.15, 0.2) is 0 Å². The third-order valence-corrected chi connectivity index (χ3v) is 3.09. The van der Waals surface area contributed by atoms with E-state index in [2.05, 4.69) is 15.3 Å². The van der Waals surface area contributed by atoms with Gasteiger partial charge in [-0.2, -0.15) is 0 Å². The molecule has 0 saturated carbocycles. The van der Waals surface area contributed by atoms with Crippen molar-refractivity contribution in [3.05, 3.63) is 17.4 Å². The van der Waals surface area contributed by atoms with E-state index in [1.54, 1.807) is 6.92 Å². The fourth-order valence-electron chi connectivity index (χ4n) is 1.56. The number of halogens is 1. The summed E-state index contributed by atoms with van der Waals surface area (Å²) in [4.78, 5) is 19.8. The van der Waals surface area contributed by atoms with Gasteiger partial charge in [-0.15, -0.1) is 0 Å². The first-order chi connectivity index (χ1) is 8.02. The van der Waals surface area contributed by atoms with Crippen molar-refractivity contribution in [1.29, 1.82) is 0 Å². The Labute approximate surface area is 104 Å². The molecule has 17 heavy (non-hydrogen) atoms. The molecule has 0 aliphatic carbocycles. The standard InChI is InChI=1S/C10H13ClN4O2/c1-10(5-17-4-6(10)12)8(16)15-9-13-3-2-7(11)14-9/h2-3,6H,4-5,12H2,1H3,(H,13,14,15,16). The number of rotatable bonds is 2. The molecule has 7 heteroatoms. The summed E-state index contributed by atoms with van der Waals surface area (Å²) in [5, 5.41) is 2.86. The van der Waals surface area contributed by atoms with Crippen molar-refractivity contribution in [1.82, 2.24) is 9.97 Å². The van der Waals surface area contributed by atoms with Crippen LogP contribution in [0.25, 0.3) is 0 Å². The molecule has 1 aromatic rings. The fraction of sp³-hybridized carbons (Fsp3) is 0.500. The van der Waals surface area contributed by atoms with E-state index >= 15 is 0 Å². The smallest absolute Gasteiger partial charge is 0.236 e. The van der Waals surface area contributed by atoms with Gasteiger partial charge in [-0.25, -0.2) is 9.97 Å². The second-order valence-corrected chi connectivity index (χ2v) is 4.58. The normalized spacial score (nSPS) is 28.1. The summed E-state index contributed by atoms with van der Waals surface area (Å²) < 4.78 is 5.20. The molecule has 0 bridgehead atoms. The molecule has 0 spiro atoms. The summed E-state index contributed by atoms with van der Waals surface area (Å²) in [6.07, 6.45) is 1.47. The number of hydrogen-bond donors (Lipinski definition) is 2. The van der Waals surface area contributed by atoms with Crippen LogP contribution in [0.3, 0.4) is 0 Å². The van der Waals surface area contributed by atoms with Gasteiger partial charge < -0.3 is 10.5 Å². The third kappa shape index (κ3) is 2.38. The molecule has 1 aliphatic rings. The van der Waals surface area contributed by atoms with Crippen LogP contribution in [0.4, 0.5) is 5.95 Å². The van der Waals surface area contributed by atoms with Gasteiger partial charge in [-0.05, 0) is 13.0 Å². The highest BCUT2D eigenvalue weighted by Crippen LogP contribution is 2.28. The van der Waals surface area contributed by atoms with Gasteiger partial charge in [0.2, 0.25) is 11.9 Å². The zero-order valence-electron chi connectivity index (χ0n) is 9.31. The number of nitrogens with one attached hydrogen (secondary N) is 1. The lowest BCUT2D eigenvalue weighted by Gasteiger charge is -2.24. The molecule has 1 aliphatic heterocycles. The third-order valence-electron chi connectivity index (χ3n) is 2.88. The number of carbonyl (C=O) groups is 1. The van der Waals surface area contributed by atoms with Crippen molar-refractivity contribution in [2.75, 3.05) is 18.5 Å². The van der Waals surface area contributed by atoms with Gasteiger partial charge in [0.05, 0.1) is 18.6 Å². The molecule has 1 aromatic heterocycles. The van der Waals surface area contributed by atoms with Gasteiger partial charge in [0.1, 0.15) is 5.15 Å². The molecule has 0 radical (unpaired) electrons. The Morgan fingerprint density at radius 2 is 2.53 bits per heavy atom. The number of amides is 1. The molecular weight excluding hydrogens is 244 g/mol. The number of hydrogen-bond acceptors (Lipinski definition) is 5. The predicted molar refractivity (Wildman–Crippen MR) is 62.6 cm³/mol. The number of nitrogens with zero attached hydrogens (tertiary/aromatic N) is 2. The highest BCUT2D eigenvalue weighted by molar-refractivity contribution is 6.29. The topological polar surface area (TPSA) is 90.1 Å². The van der Waals surface area contributed by atoms with E-state index in [-0.39, 0.29) is 23.1 Å². The van der Waals surface area contributed by atoms with Crippen LogP contribution >= 0.6 is 11.6 Å². The number of carbonyl (C=O) groups excluding carboxylic acids is 1. The Hall–Kier alpha value is -1.24. The van der Waals surface area contributed by atoms with Crippen LogP contribution in [0, 0.1) is 5.41 Å². The summed E-state index contributed by atoms with van der Waals surface area (Å²) >= 11 is 5.70. The SMILES string of the molecule is CC1(C(=O)Nc2nccc(Cl)n2)COCC1N. The van der Waals surface area contributed by atoms with Crippen LogP contribution in [-0.4, -0.2) is 35.1 Å². The molecule has 2 rings (SSSR count).